The Morgan fingerprint density at radius 3 is 2.03 bits per heavy atom. The van der Waals surface area contributed by atoms with Gasteiger partial charge in [-0.05, 0) is 60.9 Å². The largest absolute Gasteiger partial charge is 0.494 e. The van der Waals surface area contributed by atoms with Gasteiger partial charge >= 0.3 is 5.97 Å². The first kappa shape index (κ1) is 30.0. The van der Waals surface area contributed by atoms with Crippen molar-refractivity contribution in [2.75, 3.05) is 13.2 Å². The fourth-order valence-electron chi connectivity index (χ4n) is 5.58. The van der Waals surface area contributed by atoms with Crippen LogP contribution in [0, 0.1) is 17.7 Å². The van der Waals surface area contributed by atoms with E-state index >= 15 is 4.39 Å². The lowest BCUT2D eigenvalue weighted by atomic mass is 9.78. The maximum atomic E-state index is 15.2. The number of halogens is 1. The number of benzene rings is 2. The second-order valence-corrected chi connectivity index (χ2v) is 10.9. The summed E-state index contributed by atoms with van der Waals surface area (Å²) >= 11 is 0. The van der Waals surface area contributed by atoms with Gasteiger partial charge in [0.2, 0.25) is 0 Å². The molecule has 4 nitrogen and oxygen atoms in total. The Hall–Kier alpha value is -2.56. The minimum absolute atomic E-state index is 0.0506. The van der Waals surface area contributed by atoms with E-state index in [0.717, 1.165) is 31.1 Å². The zero-order chi connectivity index (χ0) is 27.2. The fraction of sp³-hybridized carbons (Fsp3) is 0.606. The van der Waals surface area contributed by atoms with Crippen molar-refractivity contribution in [3.63, 3.8) is 0 Å². The molecular formula is C33H47FO4. The van der Waals surface area contributed by atoms with Crippen LogP contribution in [0.15, 0.2) is 36.4 Å². The summed E-state index contributed by atoms with van der Waals surface area (Å²) in [7, 11) is 0. The number of rotatable bonds is 17. The van der Waals surface area contributed by atoms with Crippen LogP contribution in [0.3, 0.4) is 0 Å². The highest BCUT2D eigenvalue weighted by atomic mass is 19.1. The molecule has 3 rings (SSSR count). The molecule has 0 heterocycles. The summed E-state index contributed by atoms with van der Waals surface area (Å²) in [6, 6.07) is 9.83. The monoisotopic (exact) mass is 526 g/mol. The summed E-state index contributed by atoms with van der Waals surface area (Å²) in [5.41, 5.74) is 0.468. The first-order chi connectivity index (χ1) is 18.5. The van der Waals surface area contributed by atoms with Crippen molar-refractivity contribution in [2.24, 2.45) is 11.8 Å². The number of carboxylic acid groups (broad SMARTS) is 1. The van der Waals surface area contributed by atoms with Crippen LogP contribution in [0.4, 0.5) is 4.39 Å². The fourth-order valence-corrected chi connectivity index (χ4v) is 5.58. The van der Waals surface area contributed by atoms with Crippen LogP contribution in [0.25, 0.3) is 11.1 Å². The van der Waals surface area contributed by atoms with Crippen LogP contribution in [-0.2, 0) is 0 Å². The van der Waals surface area contributed by atoms with Gasteiger partial charge in [-0.25, -0.2) is 9.18 Å². The van der Waals surface area contributed by atoms with Crippen LogP contribution in [0.1, 0.15) is 114 Å². The van der Waals surface area contributed by atoms with Crippen molar-refractivity contribution in [3.05, 3.63) is 47.8 Å². The molecule has 0 aliphatic heterocycles. The van der Waals surface area contributed by atoms with E-state index in [1.807, 2.05) is 6.92 Å². The van der Waals surface area contributed by atoms with Gasteiger partial charge in [-0.2, -0.15) is 0 Å². The molecule has 0 bridgehead atoms. The van der Waals surface area contributed by atoms with E-state index in [1.54, 1.807) is 24.3 Å². The molecule has 210 valence electrons. The summed E-state index contributed by atoms with van der Waals surface area (Å²) < 4.78 is 26.8. The van der Waals surface area contributed by atoms with Crippen molar-refractivity contribution >= 4 is 5.97 Å². The highest BCUT2D eigenvalue weighted by molar-refractivity contribution is 5.96. The number of aromatic carboxylic acids is 1. The minimum Gasteiger partial charge on any atom is -0.494 e. The molecule has 0 saturated heterocycles. The first-order valence-corrected chi connectivity index (χ1v) is 14.9. The first-order valence-electron chi connectivity index (χ1n) is 14.9. The Balaban J connectivity index is 1.44. The van der Waals surface area contributed by atoms with Crippen molar-refractivity contribution < 1.29 is 23.8 Å². The van der Waals surface area contributed by atoms with Gasteiger partial charge in [-0.3, -0.25) is 0 Å². The number of hydrogen-bond acceptors (Lipinski definition) is 3. The Bertz CT molecular complexity index is 964. The van der Waals surface area contributed by atoms with Crippen LogP contribution in [0.5, 0.6) is 11.5 Å². The summed E-state index contributed by atoms with van der Waals surface area (Å²) in [6.45, 7) is 5.36. The minimum atomic E-state index is -1.17. The Labute approximate surface area is 228 Å². The van der Waals surface area contributed by atoms with Gasteiger partial charge in [-0.1, -0.05) is 96.6 Å². The molecule has 0 spiro atoms. The number of unbranched alkanes of at least 4 members (excludes halogenated alkanes) is 5. The third kappa shape index (κ3) is 9.32. The van der Waals surface area contributed by atoms with Crippen molar-refractivity contribution in [1.82, 2.24) is 0 Å². The lowest BCUT2D eigenvalue weighted by Crippen LogP contribution is -2.15. The van der Waals surface area contributed by atoms with Gasteiger partial charge in [0.15, 0.2) is 11.6 Å². The van der Waals surface area contributed by atoms with E-state index in [1.165, 1.54) is 82.8 Å². The molecule has 2 aromatic carbocycles. The maximum Gasteiger partial charge on any atom is 0.336 e. The zero-order valence-corrected chi connectivity index (χ0v) is 23.5. The second-order valence-electron chi connectivity index (χ2n) is 10.9. The molecule has 1 aliphatic carbocycles. The normalized spacial score (nSPS) is 17.3. The van der Waals surface area contributed by atoms with E-state index in [4.69, 9.17) is 9.47 Å². The molecule has 0 unspecified atom stereocenters. The standard InChI is InChI=1S/C33H47FO4/c1-3-5-7-8-9-11-25-13-15-26(16-14-25)12-10-24-37-28-19-17-27(18-20-28)31-29(33(35)36)21-22-30(32(31)34)38-23-6-4-2/h17-22,25-26H,3-16,23-24H2,1-2H3,(H,35,36). The maximum absolute atomic E-state index is 15.2. The van der Waals surface area contributed by atoms with Crippen molar-refractivity contribution in [2.45, 2.75) is 104 Å². The predicted octanol–water partition coefficient (Wildman–Crippen LogP) is 9.70. The second kappa shape index (κ2) is 16.4. The average molecular weight is 527 g/mol. The molecule has 0 aromatic heterocycles. The van der Waals surface area contributed by atoms with Crippen LogP contribution in [0.2, 0.25) is 0 Å². The SMILES string of the molecule is CCCCCCCC1CCC(CCCOc2ccc(-c3c(C(=O)O)ccc(OCCCC)c3F)cc2)CC1. The molecule has 0 radical (unpaired) electrons. The van der Waals surface area contributed by atoms with Gasteiger partial charge < -0.3 is 14.6 Å². The number of ether oxygens (including phenoxy) is 2. The van der Waals surface area contributed by atoms with Crippen LogP contribution < -0.4 is 9.47 Å². The van der Waals surface area contributed by atoms with Crippen molar-refractivity contribution in [3.8, 4) is 22.6 Å². The summed E-state index contributed by atoms with van der Waals surface area (Å²) in [4.78, 5) is 11.8. The highest BCUT2D eigenvalue weighted by Crippen LogP contribution is 2.35. The zero-order valence-electron chi connectivity index (χ0n) is 23.5. The van der Waals surface area contributed by atoms with Gasteiger partial charge in [0.25, 0.3) is 0 Å². The Morgan fingerprint density at radius 2 is 1.39 bits per heavy atom. The molecule has 1 aliphatic rings. The van der Waals surface area contributed by atoms with Gasteiger partial charge in [0.1, 0.15) is 5.75 Å². The lowest BCUT2D eigenvalue weighted by Gasteiger charge is -2.28. The van der Waals surface area contributed by atoms with E-state index in [2.05, 4.69) is 6.92 Å². The van der Waals surface area contributed by atoms with Gasteiger partial charge in [-0.15, -0.1) is 0 Å². The van der Waals surface area contributed by atoms with Crippen LogP contribution in [-0.4, -0.2) is 24.3 Å². The molecular weight excluding hydrogens is 479 g/mol. The molecule has 1 N–H and O–H groups in total. The molecule has 5 heteroatoms. The molecule has 0 atom stereocenters. The topological polar surface area (TPSA) is 55.8 Å². The molecule has 1 fully saturated rings. The third-order valence-electron chi connectivity index (χ3n) is 7.94. The van der Waals surface area contributed by atoms with E-state index in [-0.39, 0.29) is 16.9 Å². The number of hydrogen-bond donors (Lipinski definition) is 1. The number of carboxylic acids is 1. The number of carbonyl (C=O) groups is 1. The molecule has 0 amide bonds. The van der Waals surface area contributed by atoms with E-state index in [9.17, 15) is 9.90 Å². The van der Waals surface area contributed by atoms with Gasteiger partial charge in [0.05, 0.1) is 18.8 Å². The Morgan fingerprint density at radius 1 is 0.789 bits per heavy atom. The summed E-state index contributed by atoms with van der Waals surface area (Å²) in [6.07, 6.45) is 17.8. The molecule has 2 aromatic rings. The average Bonchev–Trinajstić information content (AvgIpc) is 2.93. The Kier molecular flexibility index (Phi) is 13.0. The van der Waals surface area contributed by atoms with Crippen LogP contribution >= 0.6 is 0 Å². The lowest BCUT2D eigenvalue weighted by molar-refractivity contribution is 0.0697. The third-order valence-corrected chi connectivity index (χ3v) is 7.94. The van der Waals surface area contributed by atoms with Crippen molar-refractivity contribution in [1.29, 1.82) is 0 Å². The van der Waals surface area contributed by atoms with E-state index in [0.29, 0.717) is 24.5 Å². The highest BCUT2D eigenvalue weighted by Gasteiger charge is 2.22. The van der Waals surface area contributed by atoms with Gasteiger partial charge in [0, 0.05) is 5.56 Å². The molecule has 1 saturated carbocycles. The van der Waals surface area contributed by atoms with E-state index < -0.39 is 11.8 Å². The molecule has 38 heavy (non-hydrogen) atoms. The predicted molar refractivity (Wildman–Crippen MR) is 153 cm³/mol. The summed E-state index contributed by atoms with van der Waals surface area (Å²) in [5, 5.41) is 9.61. The quantitative estimate of drug-likeness (QED) is 0.208. The smallest absolute Gasteiger partial charge is 0.336 e. The summed E-state index contributed by atoms with van der Waals surface area (Å²) in [5.74, 6) is 0.758.